The summed E-state index contributed by atoms with van der Waals surface area (Å²) >= 11 is 0. The van der Waals surface area contributed by atoms with Gasteiger partial charge < -0.3 is 14.3 Å². The van der Waals surface area contributed by atoms with Crippen molar-refractivity contribution in [2.45, 2.75) is 219 Å². The number of nitrogens with zero attached hydrogens (tertiary/aromatic N) is 1. The van der Waals surface area contributed by atoms with Crippen LogP contribution in [0, 0.1) is 0 Å². The smallest absolute Gasteiger partial charge is 0.127 e. The lowest BCUT2D eigenvalue weighted by Crippen LogP contribution is -2.30. The van der Waals surface area contributed by atoms with Crippen molar-refractivity contribution < 1.29 is 14.3 Å². The van der Waals surface area contributed by atoms with E-state index in [1.807, 2.05) is 6.21 Å². The molecular formula is C37H75NO3. The molecule has 0 aliphatic carbocycles. The predicted octanol–water partition coefficient (Wildman–Crippen LogP) is 12.4. The van der Waals surface area contributed by atoms with Gasteiger partial charge in [0.25, 0.3) is 0 Å². The second kappa shape index (κ2) is 28.2. The van der Waals surface area contributed by atoms with Crippen molar-refractivity contribution >= 4 is 6.21 Å². The third kappa shape index (κ3) is 29.2. The third-order valence-corrected chi connectivity index (χ3v) is 8.67. The Morgan fingerprint density at radius 1 is 0.561 bits per heavy atom. The van der Waals surface area contributed by atoms with Crippen LogP contribution in [-0.2, 0) is 14.3 Å². The van der Waals surface area contributed by atoms with Crippen LogP contribution < -0.4 is 0 Å². The number of rotatable bonds is 32. The zero-order chi connectivity index (χ0) is 30.5. The van der Waals surface area contributed by atoms with Crippen molar-refractivity contribution in [3.05, 3.63) is 0 Å². The number of unbranched alkanes of at least 4 members (excludes halogenated alkanes) is 18. The normalized spacial score (nSPS) is 12.7. The van der Waals surface area contributed by atoms with E-state index < -0.39 is 0 Å². The first-order valence-corrected chi connectivity index (χ1v) is 18.1. The van der Waals surface area contributed by atoms with Gasteiger partial charge in [0.15, 0.2) is 0 Å². The van der Waals surface area contributed by atoms with Crippen LogP contribution >= 0.6 is 0 Å². The van der Waals surface area contributed by atoms with E-state index in [4.69, 9.17) is 14.3 Å². The molecule has 0 aromatic rings. The van der Waals surface area contributed by atoms with E-state index in [1.54, 1.807) is 7.11 Å². The lowest BCUT2D eigenvalue weighted by atomic mass is 10.0. The number of ether oxygens (including phenoxy) is 2. The van der Waals surface area contributed by atoms with E-state index in [-0.39, 0.29) is 17.3 Å². The van der Waals surface area contributed by atoms with Crippen LogP contribution in [0.5, 0.6) is 0 Å². The Kier molecular flexibility index (Phi) is 27.8. The summed E-state index contributed by atoms with van der Waals surface area (Å²) in [6, 6.07) is 0. The Balaban J connectivity index is 4.28. The Morgan fingerprint density at radius 2 is 0.976 bits per heavy atom. The summed E-state index contributed by atoms with van der Waals surface area (Å²) in [5, 5.41) is 4.43. The van der Waals surface area contributed by atoms with Gasteiger partial charge in [-0.15, -0.1) is 0 Å². The first kappa shape index (κ1) is 40.4. The van der Waals surface area contributed by atoms with Gasteiger partial charge in [-0.05, 0) is 72.6 Å². The van der Waals surface area contributed by atoms with Crippen LogP contribution in [0.3, 0.4) is 0 Å². The largest absolute Gasteiger partial charge is 0.393 e. The monoisotopic (exact) mass is 582 g/mol. The summed E-state index contributed by atoms with van der Waals surface area (Å²) in [5.74, 6) is 0. The Morgan fingerprint density at radius 3 is 1.39 bits per heavy atom. The number of oxime groups is 1. The summed E-state index contributed by atoms with van der Waals surface area (Å²) in [7, 11) is 1.77. The molecule has 0 radical (unpaired) electrons. The minimum Gasteiger partial charge on any atom is -0.393 e. The fourth-order valence-corrected chi connectivity index (χ4v) is 5.31. The Hall–Kier alpha value is -0.610. The molecule has 246 valence electrons. The molecule has 0 aliphatic heterocycles. The second-order valence-corrected chi connectivity index (χ2v) is 13.8. The SMILES string of the molecule is CCCCCCCCCCCCC(CCCCCCCCCCCC)ON=CCCC(C)(C)OCCC(C)(C)OC. The first-order valence-electron chi connectivity index (χ1n) is 18.1. The first-order chi connectivity index (χ1) is 19.8. The Labute approximate surface area is 258 Å². The molecule has 4 heteroatoms. The molecule has 0 bridgehead atoms. The van der Waals surface area contributed by atoms with Crippen LogP contribution in [0.15, 0.2) is 5.16 Å². The van der Waals surface area contributed by atoms with Crippen molar-refractivity contribution in [1.29, 1.82) is 0 Å². The van der Waals surface area contributed by atoms with E-state index in [2.05, 4.69) is 46.7 Å². The molecule has 0 saturated carbocycles. The topological polar surface area (TPSA) is 40.0 Å². The molecule has 0 atom stereocenters. The molecular weight excluding hydrogens is 506 g/mol. The fourth-order valence-electron chi connectivity index (χ4n) is 5.31. The van der Waals surface area contributed by atoms with Crippen molar-refractivity contribution in [2.24, 2.45) is 5.16 Å². The van der Waals surface area contributed by atoms with Crippen LogP contribution in [0.25, 0.3) is 0 Å². The average Bonchev–Trinajstić information content (AvgIpc) is 2.94. The molecule has 0 spiro atoms. The number of hydrogen-bond acceptors (Lipinski definition) is 4. The lowest BCUT2D eigenvalue weighted by Gasteiger charge is -2.28. The number of hydrogen-bond donors (Lipinski definition) is 0. The van der Waals surface area contributed by atoms with Gasteiger partial charge >= 0.3 is 0 Å². The maximum atomic E-state index is 6.15. The maximum absolute atomic E-state index is 6.15. The second-order valence-electron chi connectivity index (χ2n) is 13.8. The lowest BCUT2D eigenvalue weighted by molar-refractivity contribution is -0.0602. The zero-order valence-electron chi connectivity index (χ0n) is 29.2. The van der Waals surface area contributed by atoms with Crippen LogP contribution in [0.1, 0.15) is 202 Å². The molecule has 0 heterocycles. The van der Waals surface area contributed by atoms with Crippen LogP contribution in [0.2, 0.25) is 0 Å². The van der Waals surface area contributed by atoms with Gasteiger partial charge in [0.05, 0.1) is 17.8 Å². The fraction of sp³-hybridized carbons (Fsp3) is 0.973. The zero-order valence-corrected chi connectivity index (χ0v) is 29.2. The summed E-state index contributed by atoms with van der Waals surface area (Å²) in [6.45, 7) is 13.8. The van der Waals surface area contributed by atoms with Crippen molar-refractivity contribution in [3.8, 4) is 0 Å². The molecule has 0 aliphatic rings. The molecule has 0 N–H and O–H groups in total. The molecule has 0 aromatic heterocycles. The summed E-state index contributed by atoms with van der Waals surface area (Å²) in [6.07, 6.45) is 34.9. The van der Waals surface area contributed by atoms with E-state index in [1.165, 1.54) is 128 Å². The molecule has 0 amide bonds. The van der Waals surface area contributed by atoms with Gasteiger partial charge in [-0.2, -0.15) is 0 Å². The number of methoxy groups -OCH3 is 1. The van der Waals surface area contributed by atoms with Crippen LogP contribution in [0.4, 0.5) is 0 Å². The Bertz CT molecular complexity index is 536. The van der Waals surface area contributed by atoms with Crippen molar-refractivity contribution in [2.75, 3.05) is 13.7 Å². The highest BCUT2D eigenvalue weighted by atomic mass is 16.6. The van der Waals surface area contributed by atoms with Gasteiger partial charge in [0, 0.05) is 13.3 Å². The van der Waals surface area contributed by atoms with E-state index in [9.17, 15) is 0 Å². The van der Waals surface area contributed by atoms with Crippen molar-refractivity contribution in [3.63, 3.8) is 0 Å². The van der Waals surface area contributed by atoms with Crippen molar-refractivity contribution in [1.82, 2.24) is 0 Å². The van der Waals surface area contributed by atoms with E-state index in [0.717, 1.165) is 32.1 Å². The minimum absolute atomic E-state index is 0.136. The van der Waals surface area contributed by atoms with Gasteiger partial charge in [-0.1, -0.05) is 135 Å². The molecule has 0 unspecified atom stereocenters. The summed E-state index contributed by atoms with van der Waals surface area (Å²) in [4.78, 5) is 6.07. The van der Waals surface area contributed by atoms with Gasteiger partial charge in [-0.25, -0.2) is 0 Å². The quantitative estimate of drug-likeness (QED) is 0.0450. The molecule has 0 saturated heterocycles. The maximum Gasteiger partial charge on any atom is 0.127 e. The molecule has 41 heavy (non-hydrogen) atoms. The van der Waals surface area contributed by atoms with E-state index >= 15 is 0 Å². The highest BCUT2D eigenvalue weighted by Gasteiger charge is 2.21. The molecule has 0 rings (SSSR count). The standard InChI is InChI=1S/C37H75NO3/c1-8-10-12-14-16-18-20-22-24-26-29-35(30-27-25-23-21-19-17-15-13-11-9-2)41-38-33-28-31-37(5,6)40-34-32-36(3,4)39-7/h33,35H,8-32,34H2,1-7H3. The van der Waals surface area contributed by atoms with Crippen LogP contribution in [-0.4, -0.2) is 37.2 Å². The molecule has 0 fully saturated rings. The molecule has 4 nitrogen and oxygen atoms in total. The van der Waals surface area contributed by atoms with Gasteiger partial charge in [0.2, 0.25) is 0 Å². The average molecular weight is 582 g/mol. The van der Waals surface area contributed by atoms with Gasteiger partial charge in [0.1, 0.15) is 6.10 Å². The predicted molar refractivity (Wildman–Crippen MR) is 181 cm³/mol. The summed E-state index contributed by atoms with van der Waals surface area (Å²) < 4.78 is 11.7. The highest BCUT2D eigenvalue weighted by Crippen LogP contribution is 2.21. The van der Waals surface area contributed by atoms with E-state index in [0.29, 0.717) is 6.61 Å². The molecule has 0 aromatic carbocycles. The summed E-state index contributed by atoms with van der Waals surface area (Å²) in [5.41, 5.74) is -0.301. The minimum atomic E-state index is -0.165. The highest BCUT2D eigenvalue weighted by molar-refractivity contribution is 5.56. The van der Waals surface area contributed by atoms with Gasteiger partial charge in [-0.3, -0.25) is 0 Å². The third-order valence-electron chi connectivity index (χ3n) is 8.67.